The van der Waals surface area contributed by atoms with Crippen molar-refractivity contribution in [1.29, 1.82) is 0 Å². The summed E-state index contributed by atoms with van der Waals surface area (Å²) in [6.07, 6.45) is 0. The second-order valence-electron chi connectivity index (χ2n) is 0. The number of rotatable bonds is 0. The summed E-state index contributed by atoms with van der Waals surface area (Å²) in [7, 11) is 0. The molecule has 0 aromatic carbocycles. The minimum Gasteiger partial charge on any atom is -1.00 e. The van der Waals surface area contributed by atoms with Crippen LogP contribution >= 0.6 is 0 Å². The van der Waals surface area contributed by atoms with Crippen LogP contribution in [0.5, 0.6) is 0 Å². The minimum absolute atomic E-state index is 0. The van der Waals surface area contributed by atoms with Crippen molar-refractivity contribution in [3.05, 3.63) is 0 Å². The van der Waals surface area contributed by atoms with E-state index >= 15 is 0 Å². The Balaban J connectivity index is 0. The van der Waals surface area contributed by atoms with Gasteiger partial charge in [-0.05, 0) is 0 Å². The molecule has 0 saturated carbocycles. The summed E-state index contributed by atoms with van der Waals surface area (Å²) < 4.78 is 0. The van der Waals surface area contributed by atoms with Crippen molar-refractivity contribution in [1.82, 2.24) is 6.15 Å². The number of quaternary nitrogens is 1. The Bertz CT molecular complexity index is 8.49. The summed E-state index contributed by atoms with van der Waals surface area (Å²) in [6.45, 7) is 0. The topological polar surface area (TPSA) is 36.5 Å². The smallest absolute Gasteiger partial charge is 1.00 e. The van der Waals surface area contributed by atoms with Gasteiger partial charge in [-0.2, -0.15) is 0 Å². The summed E-state index contributed by atoms with van der Waals surface area (Å²) in [5, 5.41) is 0. The molecule has 0 bridgehead atoms. The van der Waals surface area contributed by atoms with E-state index in [-0.39, 0.29) is 51.4 Å². The maximum Gasteiger partial charge on any atom is 5.00 e. The van der Waals surface area contributed by atoms with Crippen molar-refractivity contribution in [2.24, 2.45) is 0 Å². The summed E-state index contributed by atoms with van der Waals surface area (Å²) in [4.78, 5) is 0. The van der Waals surface area contributed by atoms with Crippen LogP contribution in [-0.2, 0) is 17.1 Å². The van der Waals surface area contributed by atoms with E-state index in [4.69, 9.17) is 0 Å². The van der Waals surface area contributed by atoms with Crippen molar-refractivity contribution in [3.8, 4) is 0 Å². The molecule has 4 N–H and O–H groups in total. The molecule has 0 aliphatic rings. The van der Waals surface area contributed by atoms with Gasteiger partial charge in [0.05, 0.1) is 0 Å². The molecular formula is H4F6FeN. The van der Waals surface area contributed by atoms with E-state index in [1.54, 1.807) is 0 Å². The molecule has 0 saturated heterocycles. The Labute approximate surface area is 52.5 Å². The molecule has 0 aromatic heterocycles. The van der Waals surface area contributed by atoms with Crippen molar-refractivity contribution < 1.29 is 45.3 Å². The zero-order valence-electron chi connectivity index (χ0n) is 3.62. The molecule has 0 unspecified atom stereocenters. The van der Waals surface area contributed by atoms with Crippen LogP contribution in [0.4, 0.5) is 0 Å². The summed E-state index contributed by atoms with van der Waals surface area (Å²) in [5.41, 5.74) is 0. The van der Waals surface area contributed by atoms with Gasteiger partial charge in [-0.15, -0.1) is 0 Å². The quantitative estimate of drug-likeness (QED) is 0.289. The molecule has 1 nitrogen and oxygen atoms in total. The van der Waals surface area contributed by atoms with Gasteiger partial charge in [-0.3, -0.25) is 0 Å². The van der Waals surface area contributed by atoms with Crippen LogP contribution in [-0.4, -0.2) is 0 Å². The SMILES string of the molecule is [F-].[F-].[F-].[F-].[F-].[F-].[Fe+5].[NH4+]. The fourth-order valence-corrected chi connectivity index (χ4v) is 0. The van der Waals surface area contributed by atoms with Gasteiger partial charge < -0.3 is 34.4 Å². The van der Waals surface area contributed by atoms with Gasteiger partial charge in [0.15, 0.2) is 0 Å². The van der Waals surface area contributed by atoms with E-state index in [0.29, 0.717) is 0 Å². The first-order valence-corrected chi connectivity index (χ1v) is 0. The summed E-state index contributed by atoms with van der Waals surface area (Å²) in [5.74, 6) is 0. The van der Waals surface area contributed by atoms with E-state index in [2.05, 4.69) is 0 Å². The molecule has 59 valence electrons. The van der Waals surface area contributed by atoms with Crippen LogP contribution in [0.1, 0.15) is 0 Å². The van der Waals surface area contributed by atoms with Gasteiger partial charge in [0, 0.05) is 0 Å². The summed E-state index contributed by atoms with van der Waals surface area (Å²) >= 11 is 0. The van der Waals surface area contributed by atoms with Crippen LogP contribution in [0, 0.1) is 0 Å². The molecule has 1 radical (unpaired) electrons. The van der Waals surface area contributed by atoms with Crippen molar-refractivity contribution in [2.75, 3.05) is 0 Å². The molecule has 0 atom stereocenters. The molecule has 0 aliphatic carbocycles. The van der Waals surface area contributed by atoms with E-state index in [1.807, 2.05) is 0 Å². The standard InChI is InChI=1S/6FH.Fe.H3N/h6*1H;;1H3/q;;;;;;+5;/p-5. The molecular weight excluding hydrogens is 184 g/mol. The predicted molar refractivity (Wildman–Crippen MR) is 5.98 cm³/mol. The van der Waals surface area contributed by atoms with Crippen molar-refractivity contribution >= 4 is 0 Å². The third-order valence-electron chi connectivity index (χ3n) is 0. The maximum atomic E-state index is 0. The first-order chi connectivity index (χ1) is 0. The van der Waals surface area contributed by atoms with Crippen LogP contribution < -0.4 is 34.4 Å². The number of halogens is 6. The second kappa shape index (κ2) is 73300. The molecule has 0 spiro atoms. The molecule has 8 heavy (non-hydrogen) atoms. The van der Waals surface area contributed by atoms with Crippen molar-refractivity contribution in [3.63, 3.8) is 0 Å². The van der Waals surface area contributed by atoms with Gasteiger partial charge in [-0.25, -0.2) is 0 Å². The van der Waals surface area contributed by atoms with Gasteiger partial charge in [0.25, 0.3) is 0 Å². The summed E-state index contributed by atoms with van der Waals surface area (Å²) in [6, 6.07) is 0. The maximum absolute atomic E-state index is 0. The zero-order valence-corrected chi connectivity index (χ0v) is 4.73. The molecule has 0 amide bonds. The zero-order chi connectivity index (χ0) is 0. The molecule has 0 aromatic rings. The molecule has 0 heterocycles. The largest absolute Gasteiger partial charge is 5.00 e. The van der Waals surface area contributed by atoms with Gasteiger partial charge in [0.1, 0.15) is 0 Å². The molecule has 0 rings (SSSR count). The van der Waals surface area contributed by atoms with Gasteiger partial charge in [-0.1, -0.05) is 0 Å². The fraction of sp³-hybridized carbons (Fsp3) is 0. The Morgan fingerprint density at radius 3 is 0.375 bits per heavy atom. The van der Waals surface area contributed by atoms with Crippen LogP contribution in [0.15, 0.2) is 0 Å². The van der Waals surface area contributed by atoms with E-state index in [0.717, 1.165) is 0 Å². The first kappa shape index (κ1) is 114000. The minimum atomic E-state index is 0. The molecule has 8 heteroatoms. The Kier molecular flexibility index (Phi) is 1040000000. The second-order valence-corrected chi connectivity index (χ2v) is 0. The normalized spacial score (nSPS) is 0. The van der Waals surface area contributed by atoms with E-state index in [9.17, 15) is 0 Å². The first-order valence-electron chi connectivity index (χ1n) is 0. The fourth-order valence-electron chi connectivity index (χ4n) is 0. The number of hydrogen-bond acceptors (Lipinski definition) is 0. The van der Waals surface area contributed by atoms with E-state index in [1.165, 1.54) is 0 Å². The Morgan fingerprint density at radius 2 is 0.375 bits per heavy atom. The third-order valence-corrected chi connectivity index (χ3v) is 0. The van der Waals surface area contributed by atoms with E-state index < -0.39 is 0 Å². The Morgan fingerprint density at radius 1 is 0.375 bits per heavy atom. The van der Waals surface area contributed by atoms with Crippen LogP contribution in [0.3, 0.4) is 0 Å². The van der Waals surface area contributed by atoms with Gasteiger partial charge in [0.2, 0.25) is 0 Å². The predicted octanol–water partition coefficient (Wildman–Crippen LogP) is -17.6. The van der Waals surface area contributed by atoms with Crippen LogP contribution in [0.2, 0.25) is 0 Å². The average molecular weight is 188 g/mol. The monoisotopic (exact) mass is 188 g/mol. The number of hydrogen-bond donors (Lipinski definition) is 1. The average Bonchev–Trinajstić information content (AvgIpc) is 0. The van der Waals surface area contributed by atoms with Gasteiger partial charge >= 0.3 is 17.1 Å². The van der Waals surface area contributed by atoms with Crippen LogP contribution in [0.25, 0.3) is 0 Å². The molecule has 0 aliphatic heterocycles. The third kappa shape index (κ3) is 43800. The molecule has 0 fully saturated rings. The Hall–Kier alpha value is 0.0595. The van der Waals surface area contributed by atoms with Crippen molar-refractivity contribution in [2.45, 2.75) is 0 Å².